The molecule has 0 radical (unpaired) electrons. The van der Waals surface area contributed by atoms with Gasteiger partial charge in [0.05, 0.1) is 0 Å². The summed E-state index contributed by atoms with van der Waals surface area (Å²) >= 11 is 0. The zero-order valence-electron chi connectivity index (χ0n) is 22.3. The van der Waals surface area contributed by atoms with Crippen molar-refractivity contribution in [3.63, 3.8) is 0 Å². The molecule has 0 bridgehead atoms. The number of nitrogens with one attached hydrogen (secondary N) is 1. The van der Waals surface area contributed by atoms with Gasteiger partial charge in [0.25, 0.3) is 0 Å². The number of benzene rings is 3. The Morgan fingerprint density at radius 3 is 1.87 bits per heavy atom. The van der Waals surface area contributed by atoms with Crippen molar-refractivity contribution in [1.82, 2.24) is 10.2 Å². The molecule has 1 N–H and O–H groups in total. The maximum absolute atomic E-state index is 13.6. The summed E-state index contributed by atoms with van der Waals surface area (Å²) in [6.45, 7) is 5.52. The summed E-state index contributed by atoms with van der Waals surface area (Å²) in [5, 5.41) is 2.85. The minimum Gasteiger partial charge on any atom is -0.459 e. The van der Waals surface area contributed by atoms with Gasteiger partial charge in [-0.2, -0.15) is 0 Å². The average Bonchev–Trinajstić information content (AvgIpc) is 2.87. The van der Waals surface area contributed by atoms with Crippen molar-refractivity contribution in [2.24, 2.45) is 0 Å². The van der Waals surface area contributed by atoms with Crippen LogP contribution in [0.1, 0.15) is 43.9 Å². The molecule has 0 fully saturated rings. The fraction of sp³-hybridized carbons (Fsp3) is 0.323. The number of hydrogen-bond acceptors (Lipinski definition) is 5. The highest BCUT2D eigenvalue weighted by Crippen LogP contribution is 2.13. The van der Waals surface area contributed by atoms with E-state index in [2.05, 4.69) is 5.32 Å². The molecule has 3 aromatic carbocycles. The van der Waals surface area contributed by atoms with Gasteiger partial charge in [-0.1, -0.05) is 91.0 Å². The van der Waals surface area contributed by atoms with Gasteiger partial charge in [0, 0.05) is 19.0 Å². The fourth-order valence-corrected chi connectivity index (χ4v) is 3.86. The third-order valence-corrected chi connectivity index (χ3v) is 5.60. The molecular weight excluding hydrogens is 480 g/mol. The zero-order valence-corrected chi connectivity index (χ0v) is 22.3. The quantitative estimate of drug-likeness (QED) is 0.350. The van der Waals surface area contributed by atoms with E-state index in [4.69, 9.17) is 9.47 Å². The molecule has 0 spiro atoms. The minimum atomic E-state index is -0.673. The highest BCUT2D eigenvalue weighted by atomic mass is 16.6. The smallest absolute Gasteiger partial charge is 0.407 e. The molecule has 200 valence electrons. The van der Waals surface area contributed by atoms with Crippen molar-refractivity contribution in [2.75, 3.05) is 6.54 Å². The Morgan fingerprint density at radius 1 is 0.789 bits per heavy atom. The summed E-state index contributed by atoms with van der Waals surface area (Å²) in [6.07, 6.45) is -0.167. The number of hydrogen-bond donors (Lipinski definition) is 1. The van der Waals surface area contributed by atoms with E-state index in [1.165, 1.54) is 4.90 Å². The molecule has 2 amide bonds. The second-order valence-electron chi connectivity index (χ2n) is 10.1. The van der Waals surface area contributed by atoms with Gasteiger partial charge in [-0.25, -0.2) is 4.79 Å². The standard InChI is InChI=1S/C31H36N2O5/c1-31(2,3)38-30(36)32-27(19-24-13-7-4-8-14-24)20-28(34)33(21-25-15-9-5-10-16-25)22-29(35)37-23-26-17-11-6-12-18-26/h4-18,27H,19-23H2,1-3H3,(H,32,36)/t27-/m0/s1. The number of rotatable bonds is 11. The molecule has 7 nitrogen and oxygen atoms in total. The number of carbonyl (C=O) groups is 3. The average molecular weight is 517 g/mol. The molecule has 1 atom stereocenters. The molecule has 0 unspecified atom stereocenters. The molecule has 7 heteroatoms. The first kappa shape index (κ1) is 28.4. The lowest BCUT2D eigenvalue weighted by molar-refractivity contribution is -0.151. The van der Waals surface area contributed by atoms with Gasteiger partial charge in [-0.05, 0) is 43.9 Å². The van der Waals surface area contributed by atoms with E-state index in [-0.39, 0.29) is 32.0 Å². The van der Waals surface area contributed by atoms with Gasteiger partial charge in [0.1, 0.15) is 18.8 Å². The fourth-order valence-electron chi connectivity index (χ4n) is 3.86. The highest BCUT2D eigenvalue weighted by Gasteiger charge is 2.25. The molecule has 0 aliphatic rings. The van der Waals surface area contributed by atoms with Gasteiger partial charge in [0.15, 0.2) is 0 Å². The van der Waals surface area contributed by atoms with Crippen LogP contribution in [0.15, 0.2) is 91.0 Å². The van der Waals surface area contributed by atoms with Crippen LogP contribution in [0, 0.1) is 0 Å². The van der Waals surface area contributed by atoms with Crippen LogP contribution in [0.2, 0.25) is 0 Å². The van der Waals surface area contributed by atoms with E-state index in [9.17, 15) is 14.4 Å². The van der Waals surface area contributed by atoms with Crippen molar-refractivity contribution in [3.8, 4) is 0 Å². The number of carbonyl (C=O) groups excluding carboxylic acids is 3. The maximum Gasteiger partial charge on any atom is 0.407 e. The van der Waals surface area contributed by atoms with Crippen LogP contribution in [0.5, 0.6) is 0 Å². The molecule has 38 heavy (non-hydrogen) atoms. The van der Waals surface area contributed by atoms with E-state index in [1.54, 1.807) is 20.8 Å². The summed E-state index contributed by atoms with van der Waals surface area (Å²) in [6, 6.07) is 27.9. The largest absolute Gasteiger partial charge is 0.459 e. The van der Waals surface area contributed by atoms with Crippen LogP contribution in [0.4, 0.5) is 4.79 Å². The van der Waals surface area contributed by atoms with Crippen LogP contribution in [0.25, 0.3) is 0 Å². The predicted octanol–water partition coefficient (Wildman–Crippen LogP) is 5.28. The predicted molar refractivity (Wildman–Crippen MR) is 146 cm³/mol. The minimum absolute atomic E-state index is 0.00701. The number of ether oxygens (including phenoxy) is 2. The monoisotopic (exact) mass is 516 g/mol. The molecular formula is C31H36N2O5. The normalized spacial score (nSPS) is 11.8. The van der Waals surface area contributed by atoms with Crippen LogP contribution in [-0.4, -0.2) is 41.1 Å². The molecule has 0 aromatic heterocycles. The molecule has 0 saturated heterocycles. The van der Waals surface area contributed by atoms with Crippen LogP contribution >= 0.6 is 0 Å². The summed E-state index contributed by atoms with van der Waals surface area (Å²) in [4.78, 5) is 40.3. The van der Waals surface area contributed by atoms with E-state index >= 15 is 0 Å². The first-order chi connectivity index (χ1) is 18.2. The van der Waals surface area contributed by atoms with Gasteiger partial charge in [0.2, 0.25) is 5.91 Å². The van der Waals surface area contributed by atoms with Crippen molar-refractivity contribution in [1.29, 1.82) is 0 Å². The lowest BCUT2D eigenvalue weighted by atomic mass is 10.0. The van der Waals surface area contributed by atoms with Gasteiger partial charge < -0.3 is 19.7 Å². The van der Waals surface area contributed by atoms with Crippen LogP contribution < -0.4 is 5.32 Å². The Balaban J connectivity index is 1.72. The molecule has 0 saturated carbocycles. The lowest BCUT2D eigenvalue weighted by Gasteiger charge is -2.27. The zero-order chi connectivity index (χ0) is 27.4. The van der Waals surface area contributed by atoms with E-state index in [1.807, 2.05) is 91.0 Å². The second-order valence-corrected chi connectivity index (χ2v) is 10.1. The van der Waals surface area contributed by atoms with Crippen LogP contribution in [0.3, 0.4) is 0 Å². The SMILES string of the molecule is CC(C)(C)OC(=O)N[C@H](CC(=O)N(CC(=O)OCc1ccccc1)Cc1ccccc1)Cc1ccccc1. The summed E-state index contributed by atoms with van der Waals surface area (Å²) in [5.41, 5.74) is 2.05. The third kappa shape index (κ3) is 10.5. The van der Waals surface area contributed by atoms with Gasteiger partial charge >= 0.3 is 12.1 Å². The van der Waals surface area contributed by atoms with Crippen molar-refractivity contribution < 1.29 is 23.9 Å². The van der Waals surface area contributed by atoms with E-state index < -0.39 is 23.7 Å². The first-order valence-electron chi connectivity index (χ1n) is 12.7. The van der Waals surface area contributed by atoms with Crippen molar-refractivity contribution in [2.45, 2.75) is 58.4 Å². The summed E-state index contributed by atoms with van der Waals surface area (Å²) < 4.78 is 10.9. The third-order valence-electron chi connectivity index (χ3n) is 5.60. The maximum atomic E-state index is 13.6. The van der Waals surface area contributed by atoms with Gasteiger partial charge in [-0.15, -0.1) is 0 Å². The Labute approximate surface area is 224 Å². The van der Waals surface area contributed by atoms with E-state index in [0.717, 1.165) is 16.7 Å². The van der Waals surface area contributed by atoms with E-state index in [0.29, 0.717) is 6.42 Å². The first-order valence-corrected chi connectivity index (χ1v) is 12.7. The topological polar surface area (TPSA) is 84.9 Å². The Kier molecular flexibility index (Phi) is 10.5. The van der Waals surface area contributed by atoms with Gasteiger partial charge in [-0.3, -0.25) is 9.59 Å². The lowest BCUT2D eigenvalue weighted by Crippen LogP contribution is -2.44. The molecule has 3 aromatic rings. The molecule has 0 heterocycles. The Bertz CT molecular complexity index is 1160. The van der Waals surface area contributed by atoms with Crippen LogP contribution in [-0.2, 0) is 38.6 Å². The number of amides is 2. The number of esters is 1. The summed E-state index contributed by atoms with van der Waals surface area (Å²) in [7, 11) is 0. The molecule has 0 aliphatic carbocycles. The van der Waals surface area contributed by atoms with Crippen molar-refractivity contribution >= 4 is 18.0 Å². The molecule has 0 aliphatic heterocycles. The molecule has 3 rings (SSSR count). The number of nitrogens with zero attached hydrogens (tertiary/aromatic N) is 1. The van der Waals surface area contributed by atoms with Crippen molar-refractivity contribution in [3.05, 3.63) is 108 Å². The Hall–Kier alpha value is -4.13. The Morgan fingerprint density at radius 2 is 1.32 bits per heavy atom. The second kappa shape index (κ2) is 14.0. The summed E-state index contributed by atoms with van der Waals surface area (Å²) in [5.74, 6) is -0.777. The number of alkyl carbamates (subject to hydrolysis) is 1. The highest BCUT2D eigenvalue weighted by molar-refractivity contribution is 5.83.